The molecule has 0 spiro atoms. The predicted molar refractivity (Wildman–Crippen MR) is 78.2 cm³/mol. The summed E-state index contributed by atoms with van der Waals surface area (Å²) in [5.41, 5.74) is 2.23. The number of nitrogens with zero attached hydrogens (tertiary/aromatic N) is 1. The van der Waals surface area contributed by atoms with Gasteiger partial charge in [0.1, 0.15) is 5.01 Å². The van der Waals surface area contributed by atoms with Gasteiger partial charge in [-0.2, -0.15) is 0 Å². The quantitative estimate of drug-likeness (QED) is 0.855. The van der Waals surface area contributed by atoms with E-state index < -0.39 is 6.10 Å². The van der Waals surface area contributed by atoms with Crippen LogP contribution in [0.25, 0.3) is 0 Å². The second-order valence-corrected chi connectivity index (χ2v) is 6.50. The molecule has 4 heteroatoms. The highest BCUT2D eigenvalue weighted by atomic mass is 32.2. The van der Waals surface area contributed by atoms with E-state index in [0.717, 1.165) is 21.3 Å². The molecule has 0 aliphatic rings. The zero-order valence-corrected chi connectivity index (χ0v) is 12.4. The summed E-state index contributed by atoms with van der Waals surface area (Å²) >= 11 is 3.39. The van der Waals surface area contributed by atoms with Gasteiger partial charge < -0.3 is 5.11 Å². The number of hydrogen-bond acceptors (Lipinski definition) is 4. The van der Waals surface area contributed by atoms with Gasteiger partial charge in [0.2, 0.25) is 0 Å². The molecule has 1 aromatic carbocycles. The van der Waals surface area contributed by atoms with E-state index in [9.17, 15) is 5.11 Å². The lowest BCUT2D eigenvalue weighted by Gasteiger charge is -2.00. The maximum absolute atomic E-state index is 9.60. The van der Waals surface area contributed by atoms with Crippen molar-refractivity contribution in [2.45, 2.75) is 37.5 Å². The molecule has 0 fully saturated rings. The summed E-state index contributed by atoms with van der Waals surface area (Å²) in [6.45, 7) is 5.84. The first-order chi connectivity index (χ1) is 8.56. The number of thiazole rings is 1. The van der Waals surface area contributed by atoms with Gasteiger partial charge in [-0.1, -0.05) is 17.7 Å². The molecule has 2 nitrogen and oxygen atoms in total. The largest absolute Gasteiger partial charge is 0.388 e. The van der Waals surface area contributed by atoms with Gasteiger partial charge in [0.25, 0.3) is 0 Å². The van der Waals surface area contributed by atoms with Crippen LogP contribution in [0.2, 0.25) is 0 Å². The first kappa shape index (κ1) is 13.6. The van der Waals surface area contributed by atoms with Crippen molar-refractivity contribution < 1.29 is 5.11 Å². The number of aromatic nitrogens is 1. The number of aliphatic hydroxyl groups excluding tert-OH is 1. The Morgan fingerprint density at radius 3 is 2.50 bits per heavy atom. The highest BCUT2D eigenvalue weighted by molar-refractivity contribution is 7.98. The molecule has 0 aliphatic heterocycles. The molecule has 0 amide bonds. The lowest BCUT2D eigenvalue weighted by molar-refractivity contribution is 0.202. The molecule has 2 aromatic rings. The third kappa shape index (κ3) is 3.34. The van der Waals surface area contributed by atoms with E-state index in [2.05, 4.69) is 36.2 Å². The first-order valence-electron chi connectivity index (χ1n) is 5.90. The smallest absolute Gasteiger partial charge is 0.103 e. The first-order valence-corrected chi connectivity index (χ1v) is 7.70. The van der Waals surface area contributed by atoms with Crippen molar-refractivity contribution in [2.75, 3.05) is 0 Å². The van der Waals surface area contributed by atoms with Crippen LogP contribution in [0, 0.1) is 13.8 Å². The summed E-state index contributed by atoms with van der Waals surface area (Å²) < 4.78 is 0. The van der Waals surface area contributed by atoms with Crippen molar-refractivity contribution in [3.8, 4) is 0 Å². The minimum Gasteiger partial charge on any atom is -0.388 e. The third-order valence-corrected chi connectivity index (χ3v) is 5.17. The lowest BCUT2D eigenvalue weighted by Crippen LogP contribution is -1.88. The van der Waals surface area contributed by atoms with Gasteiger partial charge in [0, 0.05) is 4.90 Å². The van der Waals surface area contributed by atoms with E-state index in [1.54, 1.807) is 30.0 Å². The molecule has 1 N–H and O–H groups in total. The standard InChI is InChI=1S/C14H17NOS2/c1-9-4-6-12(7-5-9)17-8-13-15-10(2)14(18-13)11(3)16/h4-7,11,16H,8H2,1-3H3. The van der Waals surface area contributed by atoms with Crippen LogP contribution < -0.4 is 0 Å². The molecular formula is C14H17NOS2. The maximum atomic E-state index is 9.60. The molecule has 1 heterocycles. The molecule has 0 saturated heterocycles. The van der Waals surface area contributed by atoms with Crippen LogP contribution in [0.1, 0.15) is 34.2 Å². The Hall–Kier alpha value is -0.840. The van der Waals surface area contributed by atoms with Gasteiger partial charge in [-0.3, -0.25) is 0 Å². The molecule has 1 unspecified atom stereocenters. The van der Waals surface area contributed by atoms with Crippen LogP contribution in [0.3, 0.4) is 0 Å². The molecule has 0 bridgehead atoms. The van der Waals surface area contributed by atoms with Gasteiger partial charge in [-0.25, -0.2) is 4.98 Å². The average Bonchev–Trinajstić information content (AvgIpc) is 2.70. The van der Waals surface area contributed by atoms with Crippen LogP contribution in [-0.2, 0) is 5.75 Å². The zero-order chi connectivity index (χ0) is 13.1. The Kier molecular flexibility index (Phi) is 4.43. The summed E-state index contributed by atoms with van der Waals surface area (Å²) in [7, 11) is 0. The van der Waals surface area contributed by atoms with Gasteiger partial charge in [-0.15, -0.1) is 23.1 Å². The Bertz CT molecular complexity index is 517. The monoisotopic (exact) mass is 279 g/mol. The van der Waals surface area contributed by atoms with Crippen LogP contribution in [0.5, 0.6) is 0 Å². The number of aryl methyl sites for hydroxylation is 2. The fourth-order valence-corrected chi connectivity index (χ4v) is 3.59. The fourth-order valence-electron chi connectivity index (χ4n) is 1.69. The molecule has 1 aromatic heterocycles. The molecule has 1 atom stereocenters. The number of thioether (sulfide) groups is 1. The van der Waals surface area contributed by atoms with Crippen molar-refractivity contribution in [2.24, 2.45) is 0 Å². The minimum absolute atomic E-state index is 0.416. The van der Waals surface area contributed by atoms with Gasteiger partial charge >= 0.3 is 0 Å². The van der Waals surface area contributed by atoms with Crippen molar-refractivity contribution in [1.82, 2.24) is 4.98 Å². The fraction of sp³-hybridized carbons (Fsp3) is 0.357. The second-order valence-electron chi connectivity index (χ2n) is 4.33. The number of aliphatic hydroxyl groups is 1. The third-order valence-electron chi connectivity index (χ3n) is 2.64. The van der Waals surface area contributed by atoms with Gasteiger partial charge in [0.05, 0.1) is 22.4 Å². The summed E-state index contributed by atoms with van der Waals surface area (Å²) in [4.78, 5) is 6.74. The topological polar surface area (TPSA) is 33.1 Å². The van der Waals surface area contributed by atoms with E-state index in [0.29, 0.717) is 0 Å². The van der Waals surface area contributed by atoms with E-state index in [4.69, 9.17) is 0 Å². The summed E-state index contributed by atoms with van der Waals surface area (Å²) in [6, 6.07) is 8.51. The molecule has 0 saturated carbocycles. The van der Waals surface area contributed by atoms with Gasteiger partial charge in [0.15, 0.2) is 0 Å². The Labute approximate surface area is 116 Å². The zero-order valence-electron chi connectivity index (χ0n) is 10.8. The van der Waals surface area contributed by atoms with E-state index in [-0.39, 0.29) is 0 Å². The van der Waals surface area contributed by atoms with Crippen molar-refractivity contribution >= 4 is 23.1 Å². The maximum Gasteiger partial charge on any atom is 0.103 e. The Morgan fingerprint density at radius 1 is 1.28 bits per heavy atom. The lowest BCUT2D eigenvalue weighted by atomic mass is 10.2. The van der Waals surface area contributed by atoms with E-state index in [1.807, 2.05) is 6.92 Å². The SMILES string of the molecule is Cc1ccc(SCc2nc(C)c(C(C)O)s2)cc1. The number of rotatable bonds is 4. The minimum atomic E-state index is -0.416. The molecule has 2 rings (SSSR count). The highest BCUT2D eigenvalue weighted by Gasteiger charge is 2.11. The summed E-state index contributed by atoms with van der Waals surface area (Å²) in [5.74, 6) is 0.862. The van der Waals surface area contributed by atoms with Crippen LogP contribution in [0.15, 0.2) is 29.2 Å². The molecule has 96 valence electrons. The van der Waals surface area contributed by atoms with E-state index >= 15 is 0 Å². The summed E-state index contributed by atoms with van der Waals surface area (Å²) in [5, 5.41) is 10.7. The molecule has 18 heavy (non-hydrogen) atoms. The van der Waals surface area contributed by atoms with Crippen LogP contribution >= 0.6 is 23.1 Å². The number of benzene rings is 1. The summed E-state index contributed by atoms with van der Waals surface area (Å²) in [6.07, 6.45) is -0.416. The average molecular weight is 279 g/mol. The molecule has 0 radical (unpaired) electrons. The normalized spacial score (nSPS) is 12.7. The van der Waals surface area contributed by atoms with Crippen molar-refractivity contribution in [1.29, 1.82) is 0 Å². The van der Waals surface area contributed by atoms with Gasteiger partial charge in [-0.05, 0) is 32.9 Å². The van der Waals surface area contributed by atoms with Crippen LogP contribution in [-0.4, -0.2) is 10.1 Å². The highest BCUT2D eigenvalue weighted by Crippen LogP contribution is 2.29. The van der Waals surface area contributed by atoms with E-state index in [1.165, 1.54) is 10.5 Å². The van der Waals surface area contributed by atoms with Crippen molar-refractivity contribution in [3.63, 3.8) is 0 Å². The molecule has 0 aliphatic carbocycles. The predicted octanol–water partition coefficient (Wildman–Crippen LogP) is 4.11. The second kappa shape index (κ2) is 5.87. The molecular weight excluding hydrogens is 262 g/mol. The van der Waals surface area contributed by atoms with Crippen molar-refractivity contribution in [3.05, 3.63) is 45.4 Å². The Morgan fingerprint density at radius 2 is 1.94 bits per heavy atom. The number of hydrogen-bond donors (Lipinski definition) is 1. The Balaban J connectivity index is 2.02. The van der Waals surface area contributed by atoms with Crippen LogP contribution in [0.4, 0.5) is 0 Å².